The number of carboxylic acid groups (broad SMARTS) is 2. The topological polar surface area (TPSA) is 135 Å². The van der Waals surface area contributed by atoms with E-state index in [-0.39, 0.29) is 35.0 Å². The van der Waals surface area contributed by atoms with Gasteiger partial charge in [0.05, 0.1) is 23.8 Å². The summed E-state index contributed by atoms with van der Waals surface area (Å²) in [4.78, 5) is 40.9. The van der Waals surface area contributed by atoms with Gasteiger partial charge in [0.25, 0.3) is 0 Å². The molecular formula is C15H26CrO7. The van der Waals surface area contributed by atoms with Gasteiger partial charge in [-0.1, -0.05) is 13.8 Å². The van der Waals surface area contributed by atoms with Gasteiger partial charge in [0.15, 0.2) is 0 Å². The first-order chi connectivity index (χ1) is 9.91. The van der Waals surface area contributed by atoms with Gasteiger partial charge in [-0.2, -0.15) is 0 Å². The number of carbonyl (C=O) groups excluding carboxylic acids is 4. The summed E-state index contributed by atoms with van der Waals surface area (Å²) in [7, 11) is 0. The molecule has 0 amide bonds. The average Bonchev–Trinajstić information content (AvgIpc) is 2.28. The van der Waals surface area contributed by atoms with Gasteiger partial charge in [0, 0.05) is 6.10 Å². The third-order valence-electron chi connectivity index (χ3n) is 2.37. The first kappa shape index (κ1) is 29.7. The number of carboxylic acids is 2. The van der Waals surface area contributed by atoms with Crippen LogP contribution in [0.2, 0.25) is 0 Å². The van der Waals surface area contributed by atoms with Crippen LogP contribution in [0.4, 0.5) is 0 Å². The van der Waals surface area contributed by atoms with E-state index >= 15 is 0 Å². The first-order valence-corrected chi connectivity index (χ1v) is 7.02. The Morgan fingerprint density at radius 1 is 0.826 bits per heavy atom. The van der Waals surface area contributed by atoms with Crippen LogP contribution in [0.25, 0.3) is 0 Å². The quantitative estimate of drug-likeness (QED) is 0.598. The second-order valence-electron chi connectivity index (χ2n) is 4.87. The predicted octanol–water partition coefficient (Wildman–Crippen LogP) is -0.912. The maximum absolute atomic E-state index is 10.4. The van der Waals surface area contributed by atoms with Gasteiger partial charge in [-0.05, 0) is 40.5 Å². The number of carbonyl (C=O) groups is 4. The van der Waals surface area contributed by atoms with E-state index in [1.807, 2.05) is 0 Å². The molecule has 0 aliphatic heterocycles. The molecule has 8 heteroatoms. The molecule has 134 valence electrons. The molecule has 2 unspecified atom stereocenters. The van der Waals surface area contributed by atoms with Crippen molar-refractivity contribution in [2.75, 3.05) is 0 Å². The van der Waals surface area contributed by atoms with Crippen molar-refractivity contribution in [3.05, 3.63) is 0 Å². The summed E-state index contributed by atoms with van der Waals surface area (Å²) in [6.45, 7) is 9.23. The van der Waals surface area contributed by atoms with Crippen molar-refractivity contribution >= 4 is 23.5 Å². The zero-order valence-electron chi connectivity index (χ0n) is 14.5. The summed E-state index contributed by atoms with van der Waals surface area (Å²) >= 11 is 0. The Bertz CT molecular complexity index is 304. The van der Waals surface area contributed by atoms with E-state index in [1.165, 1.54) is 13.8 Å². The Hall–Kier alpha value is -1.23. The number of hydrogen-bond donors (Lipinski definition) is 1. The van der Waals surface area contributed by atoms with Crippen LogP contribution < -0.4 is 10.2 Å². The van der Waals surface area contributed by atoms with Gasteiger partial charge in [-0.15, -0.1) is 0 Å². The molecule has 0 rings (SSSR count). The molecule has 0 aromatic heterocycles. The van der Waals surface area contributed by atoms with Crippen LogP contribution in [-0.4, -0.2) is 34.7 Å². The molecule has 7 nitrogen and oxygen atoms in total. The molecule has 1 N–H and O–H groups in total. The van der Waals surface area contributed by atoms with Crippen molar-refractivity contribution in [1.29, 1.82) is 0 Å². The second-order valence-corrected chi connectivity index (χ2v) is 4.87. The molecular weight excluding hydrogens is 344 g/mol. The van der Waals surface area contributed by atoms with Crippen LogP contribution in [-0.2, 0) is 36.5 Å². The van der Waals surface area contributed by atoms with Crippen molar-refractivity contribution in [3.8, 4) is 0 Å². The molecule has 0 heterocycles. The Labute approximate surface area is 148 Å². The fourth-order valence-electron chi connectivity index (χ4n) is 1.24. The van der Waals surface area contributed by atoms with E-state index < -0.39 is 23.8 Å². The minimum absolute atomic E-state index is 0. The summed E-state index contributed by atoms with van der Waals surface area (Å²) in [6, 6.07) is 0. The molecule has 0 bridgehead atoms. The molecule has 0 saturated carbocycles. The third-order valence-corrected chi connectivity index (χ3v) is 2.37. The van der Waals surface area contributed by atoms with Gasteiger partial charge in [-0.3, -0.25) is 9.59 Å². The number of aliphatic hydroxyl groups excluding tert-OH is 1. The van der Waals surface area contributed by atoms with E-state index in [1.54, 1.807) is 27.7 Å². The van der Waals surface area contributed by atoms with E-state index in [2.05, 4.69) is 0 Å². The molecule has 0 spiro atoms. The molecule has 0 aliphatic carbocycles. The number of Topliss-reactive ketones (excluding diaryl/α,β-unsaturated/α-hetero) is 2. The van der Waals surface area contributed by atoms with E-state index in [0.717, 1.165) is 0 Å². The number of rotatable bonds is 6. The van der Waals surface area contributed by atoms with Gasteiger partial charge in [0.1, 0.15) is 11.6 Å². The number of aliphatic carboxylic acids is 2. The normalized spacial score (nSPS) is 11.5. The summed E-state index contributed by atoms with van der Waals surface area (Å²) in [5.74, 6) is -5.04. The van der Waals surface area contributed by atoms with Crippen LogP contribution >= 0.6 is 0 Å². The van der Waals surface area contributed by atoms with Crippen LogP contribution in [0.3, 0.4) is 0 Å². The molecule has 0 saturated heterocycles. The second kappa shape index (κ2) is 17.1. The molecule has 0 aromatic rings. The van der Waals surface area contributed by atoms with E-state index in [9.17, 15) is 29.4 Å². The zero-order chi connectivity index (χ0) is 18.5. The Morgan fingerprint density at radius 2 is 1.00 bits per heavy atom. The Balaban J connectivity index is -0.000000124. The summed E-state index contributed by atoms with van der Waals surface area (Å²) in [5, 5.41) is 28.1. The third kappa shape index (κ3) is 20.8. The van der Waals surface area contributed by atoms with Crippen molar-refractivity contribution in [3.63, 3.8) is 0 Å². The van der Waals surface area contributed by atoms with E-state index in [4.69, 9.17) is 5.11 Å². The summed E-state index contributed by atoms with van der Waals surface area (Å²) in [5.41, 5.74) is 0. The van der Waals surface area contributed by atoms with Crippen molar-refractivity contribution in [1.82, 2.24) is 0 Å². The zero-order valence-corrected chi connectivity index (χ0v) is 15.7. The molecule has 0 fully saturated rings. The Morgan fingerprint density at radius 3 is 1.00 bits per heavy atom. The number of ketones is 2. The Kier molecular flexibility index (Phi) is 22.2. The van der Waals surface area contributed by atoms with Gasteiger partial charge < -0.3 is 24.9 Å². The number of hydrogen-bond acceptors (Lipinski definition) is 7. The monoisotopic (exact) mass is 370 g/mol. The minimum Gasteiger partial charge on any atom is -0.549 e. The smallest absolute Gasteiger partial charge is 0.549 e. The van der Waals surface area contributed by atoms with Crippen LogP contribution in [0.15, 0.2) is 0 Å². The van der Waals surface area contributed by atoms with Crippen LogP contribution in [0, 0.1) is 11.8 Å². The first-order valence-electron chi connectivity index (χ1n) is 7.02. The fraction of sp³-hybridized carbons (Fsp3) is 0.733. The maximum Gasteiger partial charge on any atom is 2.00 e. The number of aliphatic hydroxyl groups is 1. The molecule has 2 atom stereocenters. The molecule has 0 aromatic carbocycles. The molecule has 23 heavy (non-hydrogen) atoms. The van der Waals surface area contributed by atoms with Gasteiger partial charge >= 0.3 is 17.4 Å². The minimum atomic E-state index is -1.27. The van der Waals surface area contributed by atoms with E-state index in [0.29, 0.717) is 12.8 Å². The molecule has 0 aliphatic rings. The predicted molar refractivity (Wildman–Crippen MR) is 76.3 cm³/mol. The SMILES string of the molecule is CC(C)O.CCC(C(C)=O)C(=O)[O-].CCC(C(C)=O)C(=O)[O-].[Cr+2]. The average molecular weight is 370 g/mol. The van der Waals surface area contributed by atoms with Crippen LogP contribution in [0.1, 0.15) is 54.4 Å². The summed E-state index contributed by atoms with van der Waals surface area (Å²) in [6.07, 6.45) is 0.468. The molecule has 0 radical (unpaired) electrons. The van der Waals surface area contributed by atoms with Crippen molar-refractivity contribution in [2.24, 2.45) is 11.8 Å². The summed E-state index contributed by atoms with van der Waals surface area (Å²) < 4.78 is 0. The maximum atomic E-state index is 10.4. The fourth-order valence-corrected chi connectivity index (χ4v) is 1.24. The van der Waals surface area contributed by atoms with Crippen molar-refractivity contribution in [2.45, 2.75) is 60.5 Å². The van der Waals surface area contributed by atoms with Crippen LogP contribution in [0.5, 0.6) is 0 Å². The van der Waals surface area contributed by atoms with Gasteiger partial charge in [-0.25, -0.2) is 0 Å². The van der Waals surface area contributed by atoms with Crippen molar-refractivity contribution < 1.29 is 51.9 Å². The van der Waals surface area contributed by atoms with Gasteiger partial charge in [0.2, 0.25) is 0 Å². The largest absolute Gasteiger partial charge is 2.00 e. The standard InChI is InChI=1S/2C6H10O3.C3H8O.Cr/c2*1-3-5(4(2)7)6(8)9;1-3(2)4;/h2*5H,3H2,1-2H3,(H,8,9);3-4H,1-2H3;/q;;;+2/p-2.